The first-order valence-corrected chi connectivity index (χ1v) is 6.69. The van der Waals surface area contributed by atoms with E-state index in [1.54, 1.807) is 12.1 Å². The van der Waals surface area contributed by atoms with E-state index in [0.717, 1.165) is 6.54 Å². The average Bonchev–Trinajstić information content (AvgIpc) is 2.31. The number of hydrogen-bond donors (Lipinski definition) is 1. The van der Waals surface area contributed by atoms with Crippen LogP contribution in [0.4, 0.5) is 4.39 Å². The third kappa shape index (κ3) is 2.66. The van der Waals surface area contributed by atoms with Crippen LogP contribution in [0.5, 0.6) is 5.75 Å². The van der Waals surface area contributed by atoms with E-state index in [4.69, 9.17) is 0 Å². The van der Waals surface area contributed by atoms with E-state index in [2.05, 4.69) is 25.7 Å². The molecular weight excluding hydrogens is 229 g/mol. The highest BCUT2D eigenvalue weighted by Gasteiger charge is 2.29. The molecule has 0 amide bonds. The minimum atomic E-state index is -0.529. The van der Waals surface area contributed by atoms with Crippen LogP contribution in [0.1, 0.15) is 32.8 Å². The van der Waals surface area contributed by atoms with Crippen LogP contribution in [0.25, 0.3) is 0 Å². The molecule has 3 unspecified atom stereocenters. The molecule has 0 radical (unpaired) electrons. The van der Waals surface area contributed by atoms with Crippen molar-refractivity contribution in [3.8, 4) is 5.75 Å². The SMILES string of the molecule is CC1CC(C)C(C)N(Cc2cccc(F)c2O)C1. The molecule has 0 saturated carbocycles. The molecule has 18 heavy (non-hydrogen) atoms. The van der Waals surface area contributed by atoms with Crippen molar-refractivity contribution < 1.29 is 9.50 Å². The van der Waals surface area contributed by atoms with Gasteiger partial charge in [-0.15, -0.1) is 0 Å². The van der Waals surface area contributed by atoms with Gasteiger partial charge in [0.15, 0.2) is 11.6 Å². The molecule has 0 aromatic heterocycles. The fraction of sp³-hybridized carbons (Fsp3) is 0.600. The first-order chi connectivity index (χ1) is 8.49. The maximum Gasteiger partial charge on any atom is 0.165 e. The minimum absolute atomic E-state index is 0.199. The number of rotatable bonds is 2. The molecule has 1 aromatic rings. The summed E-state index contributed by atoms with van der Waals surface area (Å²) in [5, 5.41) is 9.74. The Morgan fingerprint density at radius 1 is 1.33 bits per heavy atom. The van der Waals surface area contributed by atoms with Gasteiger partial charge in [-0.2, -0.15) is 0 Å². The number of benzene rings is 1. The molecule has 3 atom stereocenters. The highest BCUT2D eigenvalue weighted by atomic mass is 19.1. The molecule has 0 spiro atoms. The fourth-order valence-corrected chi connectivity index (χ4v) is 2.95. The van der Waals surface area contributed by atoms with E-state index in [0.29, 0.717) is 30.0 Å². The molecule has 3 heteroatoms. The van der Waals surface area contributed by atoms with E-state index >= 15 is 0 Å². The molecule has 1 N–H and O–H groups in total. The standard InChI is InChI=1S/C15H22FNO/c1-10-7-11(2)12(3)17(8-10)9-13-5-4-6-14(16)15(13)18/h4-6,10-12,18H,7-9H2,1-3H3. The Hall–Kier alpha value is -1.09. The summed E-state index contributed by atoms with van der Waals surface area (Å²) >= 11 is 0. The van der Waals surface area contributed by atoms with E-state index < -0.39 is 5.82 Å². The number of likely N-dealkylation sites (tertiary alicyclic amines) is 1. The second kappa shape index (κ2) is 5.27. The van der Waals surface area contributed by atoms with Crippen LogP contribution in [0.15, 0.2) is 18.2 Å². The van der Waals surface area contributed by atoms with Crippen LogP contribution in [0, 0.1) is 17.7 Å². The van der Waals surface area contributed by atoms with Gasteiger partial charge in [-0.25, -0.2) is 4.39 Å². The summed E-state index contributed by atoms with van der Waals surface area (Å²) in [4.78, 5) is 2.34. The lowest BCUT2D eigenvalue weighted by Crippen LogP contribution is -2.45. The number of aromatic hydroxyl groups is 1. The lowest BCUT2D eigenvalue weighted by molar-refractivity contribution is 0.0721. The number of phenolic OH excluding ortho intramolecular Hbond substituents is 1. The molecule has 1 heterocycles. The second-order valence-corrected chi connectivity index (χ2v) is 5.74. The quantitative estimate of drug-likeness (QED) is 0.870. The number of nitrogens with zero attached hydrogens (tertiary/aromatic N) is 1. The number of para-hydroxylation sites is 1. The van der Waals surface area contributed by atoms with Crippen LogP contribution >= 0.6 is 0 Å². The molecule has 2 rings (SSSR count). The van der Waals surface area contributed by atoms with Gasteiger partial charge in [-0.3, -0.25) is 4.90 Å². The highest BCUT2D eigenvalue weighted by Crippen LogP contribution is 2.30. The maximum absolute atomic E-state index is 13.3. The van der Waals surface area contributed by atoms with Crippen molar-refractivity contribution in [1.29, 1.82) is 0 Å². The molecule has 1 aromatic carbocycles. The summed E-state index contributed by atoms with van der Waals surface area (Å²) in [7, 11) is 0. The lowest BCUT2D eigenvalue weighted by Gasteiger charge is -2.41. The van der Waals surface area contributed by atoms with Crippen molar-refractivity contribution in [2.24, 2.45) is 11.8 Å². The van der Waals surface area contributed by atoms with E-state index in [-0.39, 0.29) is 5.75 Å². The van der Waals surface area contributed by atoms with Crippen molar-refractivity contribution in [2.45, 2.75) is 39.8 Å². The first-order valence-electron chi connectivity index (χ1n) is 6.69. The molecule has 1 aliphatic heterocycles. The van der Waals surface area contributed by atoms with Crippen molar-refractivity contribution in [3.05, 3.63) is 29.6 Å². The fourth-order valence-electron chi connectivity index (χ4n) is 2.95. The van der Waals surface area contributed by atoms with Gasteiger partial charge in [0, 0.05) is 24.7 Å². The zero-order valence-electron chi connectivity index (χ0n) is 11.4. The lowest BCUT2D eigenvalue weighted by atomic mass is 9.86. The van der Waals surface area contributed by atoms with Crippen LogP contribution in [0.3, 0.4) is 0 Å². The van der Waals surface area contributed by atoms with Crippen molar-refractivity contribution >= 4 is 0 Å². The molecule has 2 nitrogen and oxygen atoms in total. The van der Waals surface area contributed by atoms with Crippen LogP contribution in [0.2, 0.25) is 0 Å². The van der Waals surface area contributed by atoms with Gasteiger partial charge in [0.05, 0.1) is 0 Å². The number of halogens is 1. The Balaban J connectivity index is 2.15. The predicted octanol–water partition coefficient (Wildman–Crippen LogP) is 3.40. The van der Waals surface area contributed by atoms with Crippen LogP contribution in [-0.2, 0) is 6.54 Å². The van der Waals surface area contributed by atoms with Gasteiger partial charge in [0.25, 0.3) is 0 Å². The zero-order chi connectivity index (χ0) is 13.3. The average molecular weight is 251 g/mol. The monoisotopic (exact) mass is 251 g/mol. The van der Waals surface area contributed by atoms with Gasteiger partial charge >= 0.3 is 0 Å². The number of phenols is 1. The molecule has 0 bridgehead atoms. The van der Waals surface area contributed by atoms with Crippen molar-refractivity contribution in [1.82, 2.24) is 4.90 Å². The molecule has 1 aliphatic rings. The Morgan fingerprint density at radius 3 is 2.78 bits per heavy atom. The molecule has 1 saturated heterocycles. The largest absolute Gasteiger partial charge is 0.505 e. The Labute approximate surface area is 108 Å². The van der Waals surface area contributed by atoms with Gasteiger partial charge in [-0.1, -0.05) is 26.0 Å². The third-order valence-electron chi connectivity index (χ3n) is 4.16. The summed E-state index contributed by atoms with van der Waals surface area (Å²) in [6.45, 7) is 8.37. The van der Waals surface area contributed by atoms with Crippen LogP contribution < -0.4 is 0 Å². The molecule has 1 fully saturated rings. The van der Waals surface area contributed by atoms with E-state index in [1.807, 2.05) is 0 Å². The number of hydrogen-bond acceptors (Lipinski definition) is 2. The highest BCUT2D eigenvalue weighted by molar-refractivity contribution is 5.33. The summed E-state index contributed by atoms with van der Waals surface area (Å²) in [5.74, 6) is 0.574. The van der Waals surface area contributed by atoms with Gasteiger partial charge in [-0.05, 0) is 31.2 Å². The first kappa shape index (κ1) is 13.3. The summed E-state index contributed by atoms with van der Waals surface area (Å²) < 4.78 is 13.3. The number of piperidine rings is 1. The van der Waals surface area contributed by atoms with E-state index in [9.17, 15) is 9.50 Å². The third-order valence-corrected chi connectivity index (χ3v) is 4.16. The minimum Gasteiger partial charge on any atom is -0.505 e. The van der Waals surface area contributed by atoms with Gasteiger partial charge in [0.2, 0.25) is 0 Å². The van der Waals surface area contributed by atoms with Crippen LogP contribution in [-0.4, -0.2) is 22.6 Å². The smallest absolute Gasteiger partial charge is 0.165 e. The van der Waals surface area contributed by atoms with Gasteiger partial charge in [0.1, 0.15) is 0 Å². The summed E-state index contributed by atoms with van der Waals surface area (Å²) in [6.07, 6.45) is 1.24. The Morgan fingerprint density at radius 2 is 2.06 bits per heavy atom. The summed E-state index contributed by atoms with van der Waals surface area (Å²) in [6, 6.07) is 5.23. The molecule has 100 valence electrons. The molecular formula is C15H22FNO. The van der Waals surface area contributed by atoms with Crippen molar-refractivity contribution in [3.63, 3.8) is 0 Å². The van der Waals surface area contributed by atoms with Gasteiger partial charge < -0.3 is 5.11 Å². The topological polar surface area (TPSA) is 23.5 Å². The molecule has 0 aliphatic carbocycles. The normalized spacial score (nSPS) is 29.4. The Bertz CT molecular complexity index is 421. The predicted molar refractivity (Wildman–Crippen MR) is 70.9 cm³/mol. The zero-order valence-corrected chi connectivity index (χ0v) is 11.4. The van der Waals surface area contributed by atoms with Crippen molar-refractivity contribution in [2.75, 3.05) is 6.54 Å². The summed E-state index contributed by atoms with van der Waals surface area (Å²) in [5.41, 5.74) is 0.683. The second-order valence-electron chi connectivity index (χ2n) is 5.74. The van der Waals surface area contributed by atoms with E-state index in [1.165, 1.54) is 12.5 Å². The maximum atomic E-state index is 13.3. The Kier molecular flexibility index (Phi) is 3.91.